The highest BCUT2D eigenvalue weighted by molar-refractivity contribution is 5.78. The van der Waals surface area contributed by atoms with Crippen LogP contribution in [-0.4, -0.2) is 37.6 Å². The molecule has 0 heterocycles. The molecule has 96 valence electrons. The molecule has 1 rings (SSSR count). The first-order chi connectivity index (χ1) is 7.69. The summed E-state index contributed by atoms with van der Waals surface area (Å²) in [6.45, 7) is 6.82. The highest BCUT2D eigenvalue weighted by Gasteiger charge is 2.27. The van der Waals surface area contributed by atoms with Crippen molar-refractivity contribution in [3.63, 3.8) is 0 Å². The van der Waals surface area contributed by atoms with E-state index < -0.39 is 0 Å². The van der Waals surface area contributed by atoms with Crippen molar-refractivity contribution >= 4 is 5.91 Å². The standard InChI is InChI=1S/C11H21NO2.C2H6/c1-4-12(2)11(13)9-5-7-10(14-3)8-6-9;1-2/h9-10H,4-8H2,1-3H3;1-2H3. The second kappa shape index (κ2) is 8.57. The van der Waals surface area contributed by atoms with E-state index in [4.69, 9.17) is 4.74 Å². The van der Waals surface area contributed by atoms with Crippen LogP contribution in [0.2, 0.25) is 0 Å². The molecule has 3 nitrogen and oxygen atoms in total. The van der Waals surface area contributed by atoms with Crippen molar-refractivity contribution in [1.29, 1.82) is 0 Å². The smallest absolute Gasteiger partial charge is 0.225 e. The minimum absolute atomic E-state index is 0.242. The molecular formula is C13H27NO2. The summed E-state index contributed by atoms with van der Waals surface area (Å²) in [6.07, 6.45) is 4.42. The Bertz CT molecular complexity index is 186. The highest BCUT2D eigenvalue weighted by Crippen LogP contribution is 2.26. The molecule has 0 aliphatic heterocycles. The molecule has 3 heteroatoms. The van der Waals surface area contributed by atoms with E-state index in [-0.39, 0.29) is 5.92 Å². The van der Waals surface area contributed by atoms with Crippen LogP contribution in [0.1, 0.15) is 46.5 Å². The zero-order chi connectivity index (χ0) is 12.6. The third-order valence-electron chi connectivity index (χ3n) is 3.21. The van der Waals surface area contributed by atoms with E-state index in [0.717, 1.165) is 32.2 Å². The summed E-state index contributed by atoms with van der Waals surface area (Å²) in [5, 5.41) is 0. The van der Waals surface area contributed by atoms with Crippen LogP contribution in [0.15, 0.2) is 0 Å². The SMILES string of the molecule is CC.CCN(C)C(=O)C1CCC(OC)CC1. The molecule has 0 aromatic rings. The molecule has 16 heavy (non-hydrogen) atoms. The van der Waals surface area contributed by atoms with Gasteiger partial charge in [-0.15, -0.1) is 0 Å². The van der Waals surface area contributed by atoms with Gasteiger partial charge in [-0.05, 0) is 32.6 Å². The van der Waals surface area contributed by atoms with Crippen LogP contribution in [0.3, 0.4) is 0 Å². The first-order valence-electron chi connectivity index (χ1n) is 6.46. The van der Waals surface area contributed by atoms with Crippen LogP contribution in [-0.2, 0) is 9.53 Å². The van der Waals surface area contributed by atoms with Crippen LogP contribution in [0.5, 0.6) is 0 Å². The number of amides is 1. The molecule has 1 saturated carbocycles. The van der Waals surface area contributed by atoms with Gasteiger partial charge in [-0.2, -0.15) is 0 Å². The van der Waals surface area contributed by atoms with E-state index in [0.29, 0.717) is 12.0 Å². The summed E-state index contributed by atoms with van der Waals surface area (Å²) < 4.78 is 5.28. The molecule has 1 aliphatic carbocycles. The van der Waals surface area contributed by atoms with Crippen LogP contribution < -0.4 is 0 Å². The number of rotatable bonds is 3. The van der Waals surface area contributed by atoms with Gasteiger partial charge in [0.05, 0.1) is 6.10 Å². The van der Waals surface area contributed by atoms with Crippen molar-refractivity contribution in [2.75, 3.05) is 20.7 Å². The van der Waals surface area contributed by atoms with Gasteiger partial charge >= 0.3 is 0 Å². The van der Waals surface area contributed by atoms with E-state index in [1.165, 1.54) is 0 Å². The monoisotopic (exact) mass is 229 g/mol. The maximum Gasteiger partial charge on any atom is 0.225 e. The Hall–Kier alpha value is -0.570. The number of ether oxygens (including phenoxy) is 1. The first kappa shape index (κ1) is 15.4. The number of methoxy groups -OCH3 is 1. The highest BCUT2D eigenvalue weighted by atomic mass is 16.5. The molecule has 0 bridgehead atoms. The lowest BCUT2D eigenvalue weighted by Gasteiger charge is -2.29. The molecule has 0 N–H and O–H groups in total. The van der Waals surface area contributed by atoms with Crippen LogP contribution in [0.4, 0.5) is 0 Å². The summed E-state index contributed by atoms with van der Waals surface area (Å²) in [7, 11) is 3.63. The zero-order valence-electron chi connectivity index (χ0n) is 11.5. The molecule has 1 aliphatic rings. The van der Waals surface area contributed by atoms with E-state index in [1.807, 2.05) is 32.7 Å². The molecular weight excluding hydrogens is 202 g/mol. The second-order valence-electron chi connectivity index (χ2n) is 4.06. The zero-order valence-corrected chi connectivity index (χ0v) is 11.5. The molecule has 1 amide bonds. The Kier molecular flexibility index (Phi) is 8.26. The Morgan fingerprint density at radius 1 is 1.25 bits per heavy atom. The van der Waals surface area contributed by atoms with Gasteiger partial charge in [0, 0.05) is 26.6 Å². The Balaban J connectivity index is 0.00000106. The number of hydrogen-bond donors (Lipinski definition) is 0. The average molecular weight is 229 g/mol. The number of carbonyl (C=O) groups is 1. The number of hydrogen-bond acceptors (Lipinski definition) is 2. The summed E-state index contributed by atoms with van der Waals surface area (Å²) in [4.78, 5) is 13.6. The van der Waals surface area contributed by atoms with Crippen molar-refractivity contribution in [2.45, 2.75) is 52.6 Å². The molecule has 0 saturated heterocycles. The van der Waals surface area contributed by atoms with Gasteiger partial charge < -0.3 is 9.64 Å². The maximum absolute atomic E-state index is 11.8. The van der Waals surface area contributed by atoms with Gasteiger partial charge in [-0.25, -0.2) is 0 Å². The Morgan fingerprint density at radius 2 is 1.75 bits per heavy atom. The summed E-state index contributed by atoms with van der Waals surface area (Å²) in [5.41, 5.74) is 0. The predicted octanol–water partition coefficient (Wildman–Crippen LogP) is 2.70. The van der Waals surface area contributed by atoms with Crippen molar-refractivity contribution in [3.05, 3.63) is 0 Å². The predicted molar refractivity (Wildman–Crippen MR) is 67.4 cm³/mol. The maximum atomic E-state index is 11.8. The third-order valence-corrected chi connectivity index (χ3v) is 3.21. The quantitative estimate of drug-likeness (QED) is 0.744. The Labute approximate surface area is 100 Å². The lowest BCUT2D eigenvalue weighted by atomic mass is 9.86. The summed E-state index contributed by atoms with van der Waals surface area (Å²) >= 11 is 0. The molecule has 0 atom stereocenters. The first-order valence-corrected chi connectivity index (χ1v) is 6.46. The Morgan fingerprint density at radius 3 is 2.12 bits per heavy atom. The van der Waals surface area contributed by atoms with E-state index >= 15 is 0 Å². The third kappa shape index (κ3) is 4.52. The summed E-state index contributed by atoms with van der Waals surface area (Å²) in [6, 6.07) is 0. The van der Waals surface area contributed by atoms with Crippen molar-refractivity contribution < 1.29 is 9.53 Å². The fourth-order valence-corrected chi connectivity index (χ4v) is 2.01. The van der Waals surface area contributed by atoms with E-state index in [9.17, 15) is 4.79 Å². The fraction of sp³-hybridized carbons (Fsp3) is 0.923. The van der Waals surface area contributed by atoms with Crippen LogP contribution >= 0.6 is 0 Å². The van der Waals surface area contributed by atoms with Gasteiger partial charge in [0.1, 0.15) is 0 Å². The molecule has 0 spiro atoms. The summed E-state index contributed by atoms with van der Waals surface area (Å²) in [5.74, 6) is 0.549. The molecule has 0 aromatic carbocycles. The van der Waals surface area contributed by atoms with Gasteiger partial charge in [0.2, 0.25) is 5.91 Å². The molecule has 0 unspecified atom stereocenters. The van der Waals surface area contributed by atoms with Gasteiger partial charge in [0.25, 0.3) is 0 Å². The van der Waals surface area contributed by atoms with Gasteiger partial charge in [0.15, 0.2) is 0 Å². The minimum atomic E-state index is 0.242. The number of carbonyl (C=O) groups excluding carboxylic acids is 1. The second-order valence-corrected chi connectivity index (χ2v) is 4.06. The minimum Gasteiger partial charge on any atom is -0.381 e. The molecule has 1 fully saturated rings. The molecule has 0 radical (unpaired) electrons. The normalized spacial score (nSPS) is 24.3. The lowest BCUT2D eigenvalue weighted by Crippen LogP contribution is -2.35. The largest absolute Gasteiger partial charge is 0.381 e. The van der Waals surface area contributed by atoms with E-state index in [1.54, 1.807) is 7.11 Å². The van der Waals surface area contributed by atoms with E-state index in [2.05, 4.69) is 0 Å². The van der Waals surface area contributed by atoms with Crippen LogP contribution in [0.25, 0.3) is 0 Å². The van der Waals surface area contributed by atoms with Crippen molar-refractivity contribution in [2.24, 2.45) is 5.92 Å². The lowest BCUT2D eigenvalue weighted by molar-refractivity contribution is -0.135. The van der Waals surface area contributed by atoms with Gasteiger partial charge in [-0.3, -0.25) is 4.79 Å². The molecule has 0 aromatic heterocycles. The van der Waals surface area contributed by atoms with Crippen molar-refractivity contribution in [3.8, 4) is 0 Å². The average Bonchev–Trinajstić information content (AvgIpc) is 2.39. The van der Waals surface area contributed by atoms with Crippen LogP contribution in [0, 0.1) is 5.92 Å². The van der Waals surface area contributed by atoms with Gasteiger partial charge in [-0.1, -0.05) is 13.8 Å². The van der Waals surface area contributed by atoms with Crippen molar-refractivity contribution in [1.82, 2.24) is 4.90 Å². The topological polar surface area (TPSA) is 29.5 Å². The number of nitrogens with zero attached hydrogens (tertiary/aromatic N) is 1. The fourth-order valence-electron chi connectivity index (χ4n) is 2.01.